The lowest BCUT2D eigenvalue weighted by Gasteiger charge is -2.31. The van der Waals surface area contributed by atoms with Gasteiger partial charge in [-0.25, -0.2) is 8.42 Å². The number of nitrogens with zero attached hydrogens (tertiary/aromatic N) is 3. The first-order chi connectivity index (χ1) is 11.6. The summed E-state index contributed by atoms with van der Waals surface area (Å²) in [6.45, 7) is 1.97. The molecular weight excluding hydrogens is 342 g/mol. The summed E-state index contributed by atoms with van der Waals surface area (Å²) in [6.07, 6.45) is 3.10. The summed E-state index contributed by atoms with van der Waals surface area (Å²) in [7, 11) is 1.58. The van der Waals surface area contributed by atoms with Crippen LogP contribution in [0.15, 0.2) is 30.0 Å². The average Bonchev–Trinajstić information content (AvgIpc) is 2.54. The van der Waals surface area contributed by atoms with Crippen LogP contribution in [-0.4, -0.2) is 59.0 Å². The van der Waals surface area contributed by atoms with Gasteiger partial charge in [0.1, 0.15) is 0 Å². The Labute approximate surface area is 148 Å². The minimum atomic E-state index is -3.45. The molecule has 1 aromatic rings. The van der Waals surface area contributed by atoms with Gasteiger partial charge in [-0.3, -0.25) is 13.9 Å². The van der Waals surface area contributed by atoms with Gasteiger partial charge in [-0.15, -0.1) is 0 Å². The molecule has 1 aliphatic heterocycles. The second-order valence-corrected chi connectivity index (χ2v) is 8.23. The monoisotopic (exact) mass is 365 g/mol. The zero-order valence-electron chi connectivity index (χ0n) is 15.1. The van der Waals surface area contributed by atoms with E-state index < -0.39 is 10.0 Å². The minimum absolute atomic E-state index is 0.0948. The largest absolute Gasteiger partial charge is 0.383 e. The number of carbonyl (C=O) groups excluding carboxylic acids is 2. The molecule has 1 amide bonds. The van der Waals surface area contributed by atoms with Gasteiger partial charge in [-0.05, 0) is 18.2 Å². The molecule has 25 heavy (non-hydrogen) atoms. The number of ketones is 1. The summed E-state index contributed by atoms with van der Waals surface area (Å²) >= 11 is 0. The van der Waals surface area contributed by atoms with Gasteiger partial charge in [0, 0.05) is 44.9 Å². The summed E-state index contributed by atoms with van der Waals surface area (Å²) in [5.74, 6) is -0.296. The van der Waals surface area contributed by atoms with Crippen molar-refractivity contribution in [1.29, 1.82) is 0 Å². The summed E-state index contributed by atoms with van der Waals surface area (Å²) in [6, 6.07) is 4.76. The van der Waals surface area contributed by atoms with Crippen molar-refractivity contribution in [2.24, 2.45) is 0 Å². The van der Waals surface area contributed by atoms with Crippen LogP contribution in [-0.2, 0) is 14.8 Å². The van der Waals surface area contributed by atoms with Crippen molar-refractivity contribution in [3.8, 4) is 0 Å². The molecule has 0 N–H and O–H groups in total. The molecule has 0 aromatic heterocycles. The molecule has 0 radical (unpaired) electrons. The quantitative estimate of drug-likeness (QED) is 0.755. The van der Waals surface area contributed by atoms with Crippen LogP contribution < -0.4 is 9.21 Å². The van der Waals surface area contributed by atoms with Crippen LogP contribution in [0.5, 0.6) is 0 Å². The number of amides is 1. The van der Waals surface area contributed by atoms with Gasteiger partial charge < -0.3 is 9.80 Å². The highest BCUT2D eigenvalue weighted by atomic mass is 32.2. The number of hydrogen-bond donors (Lipinski definition) is 0. The van der Waals surface area contributed by atoms with E-state index in [9.17, 15) is 18.0 Å². The van der Waals surface area contributed by atoms with E-state index in [1.807, 2.05) is 0 Å². The molecule has 7 nitrogen and oxygen atoms in total. The first-order valence-corrected chi connectivity index (χ1v) is 9.71. The Morgan fingerprint density at radius 1 is 1.28 bits per heavy atom. The van der Waals surface area contributed by atoms with E-state index in [1.165, 1.54) is 13.1 Å². The second-order valence-electron chi connectivity index (χ2n) is 6.21. The highest BCUT2D eigenvalue weighted by molar-refractivity contribution is 7.92. The van der Waals surface area contributed by atoms with E-state index in [2.05, 4.69) is 0 Å². The van der Waals surface area contributed by atoms with Crippen molar-refractivity contribution in [1.82, 2.24) is 4.90 Å². The fourth-order valence-electron chi connectivity index (χ4n) is 2.65. The Bertz CT molecular complexity index is 843. The van der Waals surface area contributed by atoms with Crippen molar-refractivity contribution in [3.05, 3.63) is 35.5 Å². The van der Waals surface area contributed by atoms with Gasteiger partial charge in [0.2, 0.25) is 15.9 Å². The Balaban J connectivity index is 2.62. The van der Waals surface area contributed by atoms with Crippen LogP contribution in [0.3, 0.4) is 0 Å². The van der Waals surface area contributed by atoms with E-state index >= 15 is 0 Å². The van der Waals surface area contributed by atoms with Crippen molar-refractivity contribution >= 4 is 33.1 Å². The lowest BCUT2D eigenvalue weighted by molar-refractivity contribution is -0.118. The maximum absolute atomic E-state index is 12.8. The fourth-order valence-corrected chi connectivity index (χ4v) is 3.15. The highest BCUT2D eigenvalue weighted by Crippen LogP contribution is 2.33. The third kappa shape index (κ3) is 3.84. The Kier molecular flexibility index (Phi) is 5.22. The molecule has 1 aromatic carbocycles. The van der Waals surface area contributed by atoms with E-state index in [1.54, 1.807) is 49.2 Å². The standard InChI is InChI=1S/C17H23N3O4S/c1-6-16(21)20-11-12(10-18(2)3)17(22)14-9-13(7-8-15(14)20)19(4)25(5,23)24/h7-10H,6,11H2,1-5H3. The molecule has 1 heterocycles. The maximum atomic E-state index is 12.8. The molecule has 0 saturated heterocycles. The zero-order chi connectivity index (χ0) is 18.9. The first kappa shape index (κ1) is 19.0. The predicted molar refractivity (Wildman–Crippen MR) is 98.4 cm³/mol. The molecule has 136 valence electrons. The van der Waals surface area contributed by atoms with Crippen LogP contribution in [0.25, 0.3) is 0 Å². The number of carbonyl (C=O) groups is 2. The third-order valence-electron chi connectivity index (χ3n) is 4.01. The number of Topliss-reactive ketones (excluding diaryl/α,β-unsaturated/α-hetero) is 1. The molecule has 0 fully saturated rings. The van der Waals surface area contributed by atoms with Gasteiger partial charge >= 0.3 is 0 Å². The van der Waals surface area contributed by atoms with Crippen molar-refractivity contribution in [2.45, 2.75) is 13.3 Å². The normalized spacial score (nSPS) is 16.0. The maximum Gasteiger partial charge on any atom is 0.231 e. The third-order valence-corrected chi connectivity index (χ3v) is 5.22. The Morgan fingerprint density at radius 2 is 1.92 bits per heavy atom. The lowest BCUT2D eigenvalue weighted by Crippen LogP contribution is -2.39. The summed E-state index contributed by atoms with van der Waals surface area (Å²) in [5, 5.41) is 0. The van der Waals surface area contributed by atoms with Crippen molar-refractivity contribution < 1.29 is 18.0 Å². The molecule has 0 unspecified atom stereocenters. The highest BCUT2D eigenvalue weighted by Gasteiger charge is 2.31. The van der Waals surface area contributed by atoms with Crippen LogP contribution >= 0.6 is 0 Å². The van der Waals surface area contributed by atoms with Gasteiger partial charge in [0.25, 0.3) is 0 Å². The molecule has 0 saturated carbocycles. The number of benzene rings is 1. The van der Waals surface area contributed by atoms with Gasteiger partial charge in [-0.2, -0.15) is 0 Å². The van der Waals surface area contributed by atoms with Crippen LogP contribution in [0.2, 0.25) is 0 Å². The summed E-state index contributed by atoms with van der Waals surface area (Å²) < 4.78 is 24.6. The van der Waals surface area contributed by atoms with Gasteiger partial charge in [0.15, 0.2) is 5.78 Å². The van der Waals surface area contributed by atoms with Crippen LogP contribution in [0, 0.1) is 0 Å². The molecule has 1 aliphatic rings. The molecule has 0 atom stereocenters. The van der Waals surface area contributed by atoms with E-state index in [0.29, 0.717) is 28.9 Å². The lowest BCUT2D eigenvalue weighted by atomic mass is 9.95. The number of rotatable bonds is 4. The first-order valence-electron chi connectivity index (χ1n) is 7.86. The molecule has 0 spiro atoms. The Morgan fingerprint density at radius 3 is 2.44 bits per heavy atom. The smallest absolute Gasteiger partial charge is 0.231 e. The topological polar surface area (TPSA) is 78.0 Å². The van der Waals surface area contributed by atoms with Gasteiger partial charge in [0.05, 0.1) is 24.2 Å². The van der Waals surface area contributed by atoms with Crippen LogP contribution in [0.4, 0.5) is 11.4 Å². The predicted octanol–water partition coefficient (Wildman–Crippen LogP) is 1.47. The van der Waals surface area contributed by atoms with Crippen molar-refractivity contribution in [3.63, 3.8) is 0 Å². The average molecular weight is 365 g/mol. The minimum Gasteiger partial charge on any atom is -0.383 e. The summed E-state index contributed by atoms with van der Waals surface area (Å²) in [5.41, 5.74) is 1.70. The SMILES string of the molecule is CCC(=O)N1CC(=CN(C)C)C(=O)c2cc(N(C)S(C)(=O)=O)ccc21. The second kappa shape index (κ2) is 6.87. The van der Waals surface area contributed by atoms with Crippen LogP contribution in [0.1, 0.15) is 23.7 Å². The number of hydrogen-bond acceptors (Lipinski definition) is 5. The fraction of sp³-hybridized carbons (Fsp3) is 0.412. The molecule has 2 rings (SSSR count). The number of fused-ring (bicyclic) bond motifs is 1. The number of sulfonamides is 1. The molecular formula is C17H23N3O4S. The Hall–Kier alpha value is -2.35. The van der Waals surface area contributed by atoms with E-state index in [-0.39, 0.29) is 18.2 Å². The van der Waals surface area contributed by atoms with Crippen molar-refractivity contribution in [2.75, 3.05) is 43.1 Å². The zero-order valence-corrected chi connectivity index (χ0v) is 15.9. The van der Waals surface area contributed by atoms with E-state index in [4.69, 9.17) is 0 Å². The van der Waals surface area contributed by atoms with E-state index in [0.717, 1.165) is 10.6 Å². The molecule has 0 bridgehead atoms. The van der Waals surface area contributed by atoms with Gasteiger partial charge in [-0.1, -0.05) is 6.92 Å². The summed E-state index contributed by atoms with van der Waals surface area (Å²) in [4.78, 5) is 28.5. The molecule has 8 heteroatoms. The molecule has 0 aliphatic carbocycles. The number of anilines is 2.